The molecule has 0 amide bonds. The quantitative estimate of drug-likeness (QED) is 0.717. The van der Waals surface area contributed by atoms with Crippen molar-refractivity contribution in [2.45, 2.75) is 4.90 Å². The number of nitriles is 1. The van der Waals surface area contributed by atoms with Gasteiger partial charge in [0.1, 0.15) is 0 Å². The summed E-state index contributed by atoms with van der Waals surface area (Å²) < 4.78 is 0. The molecule has 72 valence electrons. The summed E-state index contributed by atoms with van der Waals surface area (Å²) in [6.45, 7) is 0. The molecule has 0 atom stereocenters. The molecule has 0 aromatic heterocycles. The zero-order valence-corrected chi connectivity index (χ0v) is 8.91. The molecule has 0 bridgehead atoms. The van der Waals surface area contributed by atoms with Crippen molar-refractivity contribution in [3.8, 4) is 17.2 Å². The second kappa shape index (κ2) is 4.20. The molecule has 2 rings (SSSR count). The van der Waals surface area contributed by atoms with E-state index in [2.05, 4.69) is 18.7 Å². The standard InChI is InChI=1S/C13H9NS/c14-9-10-5-7-11(8-6-10)12-3-1-2-4-13(12)15/h1-8,15H. The van der Waals surface area contributed by atoms with E-state index in [4.69, 9.17) is 5.26 Å². The monoisotopic (exact) mass is 211 g/mol. The molecule has 0 radical (unpaired) electrons. The highest BCUT2D eigenvalue weighted by Crippen LogP contribution is 2.26. The first kappa shape index (κ1) is 9.82. The van der Waals surface area contributed by atoms with Gasteiger partial charge in [-0.15, -0.1) is 12.6 Å². The third-order valence-corrected chi connectivity index (χ3v) is 2.62. The Morgan fingerprint density at radius 1 is 0.933 bits per heavy atom. The maximum absolute atomic E-state index is 8.69. The van der Waals surface area contributed by atoms with E-state index in [1.54, 1.807) is 0 Å². The molecule has 0 fully saturated rings. The van der Waals surface area contributed by atoms with Gasteiger partial charge in [0.2, 0.25) is 0 Å². The maximum Gasteiger partial charge on any atom is 0.0991 e. The lowest BCUT2D eigenvalue weighted by molar-refractivity contribution is 1.44. The van der Waals surface area contributed by atoms with E-state index >= 15 is 0 Å². The Hall–Kier alpha value is -1.72. The van der Waals surface area contributed by atoms with E-state index < -0.39 is 0 Å². The van der Waals surface area contributed by atoms with Gasteiger partial charge < -0.3 is 0 Å². The van der Waals surface area contributed by atoms with Crippen LogP contribution in [0, 0.1) is 11.3 Å². The molecule has 15 heavy (non-hydrogen) atoms. The van der Waals surface area contributed by atoms with E-state index in [0.717, 1.165) is 16.0 Å². The second-order valence-corrected chi connectivity index (χ2v) is 3.69. The van der Waals surface area contributed by atoms with Crippen molar-refractivity contribution < 1.29 is 0 Å². The van der Waals surface area contributed by atoms with E-state index in [9.17, 15) is 0 Å². The van der Waals surface area contributed by atoms with Crippen LogP contribution < -0.4 is 0 Å². The predicted octanol–water partition coefficient (Wildman–Crippen LogP) is 3.51. The minimum atomic E-state index is 0.676. The van der Waals surface area contributed by atoms with Crippen LogP contribution in [0.2, 0.25) is 0 Å². The van der Waals surface area contributed by atoms with Gasteiger partial charge in [0.25, 0.3) is 0 Å². The minimum Gasteiger partial charge on any atom is -0.192 e. The molecule has 0 saturated carbocycles. The Balaban J connectivity index is 2.47. The normalized spacial score (nSPS) is 9.60. The molecule has 0 aliphatic carbocycles. The highest BCUT2D eigenvalue weighted by molar-refractivity contribution is 7.80. The van der Waals surface area contributed by atoms with Gasteiger partial charge in [-0.25, -0.2) is 0 Å². The molecular weight excluding hydrogens is 202 g/mol. The largest absolute Gasteiger partial charge is 0.192 e. The van der Waals surface area contributed by atoms with Gasteiger partial charge in [-0.3, -0.25) is 0 Å². The third-order valence-electron chi connectivity index (χ3n) is 2.23. The van der Waals surface area contributed by atoms with Crippen molar-refractivity contribution in [3.63, 3.8) is 0 Å². The van der Waals surface area contributed by atoms with Gasteiger partial charge >= 0.3 is 0 Å². The summed E-state index contributed by atoms with van der Waals surface area (Å²) in [7, 11) is 0. The van der Waals surface area contributed by atoms with Gasteiger partial charge in [0, 0.05) is 4.90 Å². The lowest BCUT2D eigenvalue weighted by Crippen LogP contribution is -1.80. The van der Waals surface area contributed by atoms with E-state index in [-0.39, 0.29) is 0 Å². The fourth-order valence-corrected chi connectivity index (χ4v) is 1.73. The molecule has 0 N–H and O–H groups in total. The van der Waals surface area contributed by atoms with Crippen LogP contribution in [-0.2, 0) is 0 Å². The van der Waals surface area contributed by atoms with Gasteiger partial charge in [0.05, 0.1) is 11.6 Å². The Morgan fingerprint density at radius 3 is 2.20 bits per heavy atom. The average molecular weight is 211 g/mol. The number of benzene rings is 2. The number of rotatable bonds is 1. The van der Waals surface area contributed by atoms with Crippen molar-refractivity contribution in [1.82, 2.24) is 0 Å². The molecule has 2 aromatic rings. The summed E-state index contributed by atoms with van der Waals surface area (Å²) in [5.41, 5.74) is 2.85. The van der Waals surface area contributed by atoms with Gasteiger partial charge in [-0.05, 0) is 29.3 Å². The Bertz CT molecular complexity index is 509. The number of hydrogen-bond donors (Lipinski definition) is 1. The smallest absolute Gasteiger partial charge is 0.0991 e. The Morgan fingerprint density at radius 2 is 1.60 bits per heavy atom. The molecule has 0 spiro atoms. The lowest BCUT2D eigenvalue weighted by atomic mass is 10.0. The molecule has 0 saturated heterocycles. The topological polar surface area (TPSA) is 23.8 Å². The zero-order chi connectivity index (χ0) is 10.7. The van der Waals surface area contributed by atoms with Crippen molar-refractivity contribution in [2.75, 3.05) is 0 Å². The second-order valence-electron chi connectivity index (χ2n) is 3.21. The van der Waals surface area contributed by atoms with Crippen LogP contribution in [0.4, 0.5) is 0 Å². The van der Waals surface area contributed by atoms with Crippen LogP contribution in [-0.4, -0.2) is 0 Å². The molecule has 2 aromatic carbocycles. The predicted molar refractivity (Wildman–Crippen MR) is 63.8 cm³/mol. The number of hydrogen-bond acceptors (Lipinski definition) is 2. The molecule has 2 heteroatoms. The van der Waals surface area contributed by atoms with Gasteiger partial charge in [-0.2, -0.15) is 5.26 Å². The van der Waals surface area contributed by atoms with Crippen LogP contribution in [0.15, 0.2) is 53.4 Å². The zero-order valence-electron chi connectivity index (χ0n) is 8.01. The minimum absolute atomic E-state index is 0.676. The van der Waals surface area contributed by atoms with Crippen LogP contribution in [0.5, 0.6) is 0 Å². The van der Waals surface area contributed by atoms with Crippen molar-refractivity contribution in [2.24, 2.45) is 0 Å². The summed E-state index contributed by atoms with van der Waals surface area (Å²) in [5, 5.41) is 8.69. The summed E-state index contributed by atoms with van der Waals surface area (Å²) in [6.07, 6.45) is 0. The summed E-state index contributed by atoms with van der Waals surface area (Å²) in [6, 6.07) is 17.5. The summed E-state index contributed by atoms with van der Waals surface area (Å²) in [5.74, 6) is 0. The Kier molecular flexibility index (Phi) is 2.75. The van der Waals surface area contributed by atoms with Crippen LogP contribution >= 0.6 is 12.6 Å². The first-order chi connectivity index (χ1) is 7.31. The van der Waals surface area contributed by atoms with E-state index in [1.807, 2.05) is 48.5 Å². The third kappa shape index (κ3) is 2.03. The lowest BCUT2D eigenvalue weighted by Gasteiger charge is -2.04. The van der Waals surface area contributed by atoms with Crippen LogP contribution in [0.3, 0.4) is 0 Å². The molecule has 1 nitrogen and oxygen atoms in total. The summed E-state index contributed by atoms with van der Waals surface area (Å²) in [4.78, 5) is 0.946. The molecule has 0 aliphatic rings. The van der Waals surface area contributed by atoms with Gasteiger partial charge in [0.15, 0.2) is 0 Å². The SMILES string of the molecule is N#Cc1ccc(-c2ccccc2S)cc1. The average Bonchev–Trinajstić information content (AvgIpc) is 2.30. The molecule has 0 aliphatic heterocycles. The maximum atomic E-state index is 8.69. The highest BCUT2D eigenvalue weighted by Gasteiger charge is 2.00. The van der Waals surface area contributed by atoms with Crippen molar-refractivity contribution in [3.05, 3.63) is 54.1 Å². The summed E-state index contributed by atoms with van der Waals surface area (Å²) >= 11 is 4.39. The molecule has 0 unspecified atom stereocenters. The number of thiol groups is 1. The van der Waals surface area contributed by atoms with Crippen LogP contribution in [0.25, 0.3) is 11.1 Å². The fraction of sp³-hybridized carbons (Fsp3) is 0. The van der Waals surface area contributed by atoms with Crippen molar-refractivity contribution >= 4 is 12.6 Å². The number of nitrogens with zero attached hydrogens (tertiary/aromatic N) is 1. The first-order valence-corrected chi connectivity index (χ1v) is 5.04. The molecule has 0 heterocycles. The van der Waals surface area contributed by atoms with Gasteiger partial charge in [-0.1, -0.05) is 30.3 Å². The van der Waals surface area contributed by atoms with E-state index in [1.165, 1.54) is 0 Å². The first-order valence-electron chi connectivity index (χ1n) is 4.60. The van der Waals surface area contributed by atoms with E-state index in [0.29, 0.717) is 5.56 Å². The van der Waals surface area contributed by atoms with Crippen LogP contribution in [0.1, 0.15) is 5.56 Å². The molecular formula is C13H9NS. The fourth-order valence-electron chi connectivity index (χ4n) is 1.44. The Labute approximate surface area is 94.4 Å². The van der Waals surface area contributed by atoms with Crippen molar-refractivity contribution in [1.29, 1.82) is 5.26 Å². The highest BCUT2D eigenvalue weighted by atomic mass is 32.1.